The molecular weight excluding hydrogens is 466 g/mol. The van der Waals surface area contributed by atoms with Gasteiger partial charge in [0.1, 0.15) is 16.2 Å². The van der Waals surface area contributed by atoms with E-state index in [4.69, 9.17) is 10.5 Å². The molecule has 0 spiro atoms. The van der Waals surface area contributed by atoms with Gasteiger partial charge >= 0.3 is 5.69 Å². The monoisotopic (exact) mass is 499 g/mol. The highest BCUT2D eigenvalue weighted by molar-refractivity contribution is 8.00. The molecule has 1 amide bonds. The Morgan fingerprint density at radius 2 is 1.71 bits per heavy atom. The largest absolute Gasteiger partial charge is 0.340 e. The van der Waals surface area contributed by atoms with Crippen LogP contribution in [-0.4, -0.2) is 48.8 Å². The van der Waals surface area contributed by atoms with Crippen molar-refractivity contribution in [1.82, 2.24) is 24.0 Å². The summed E-state index contributed by atoms with van der Waals surface area (Å²) in [6.45, 7) is 4.97. The summed E-state index contributed by atoms with van der Waals surface area (Å²) in [6.07, 6.45) is 5.77. The molecule has 2 rings (SSSR count). The van der Waals surface area contributed by atoms with E-state index in [-0.39, 0.29) is 43.0 Å². The van der Waals surface area contributed by atoms with E-state index in [2.05, 4.69) is 16.9 Å². The third-order valence-corrected chi connectivity index (χ3v) is 6.53. The Bertz CT molecular complexity index is 1210. The van der Waals surface area contributed by atoms with Gasteiger partial charge in [0.2, 0.25) is 5.91 Å². The third-order valence-electron chi connectivity index (χ3n) is 5.57. The molecule has 0 aliphatic carbocycles. The molecule has 2 heterocycles. The van der Waals surface area contributed by atoms with Gasteiger partial charge in [-0.25, -0.2) is 14.8 Å². The summed E-state index contributed by atoms with van der Waals surface area (Å²) in [5, 5.41) is 18.4. The van der Waals surface area contributed by atoms with Crippen LogP contribution >= 0.6 is 11.8 Å². The van der Waals surface area contributed by atoms with Crippen molar-refractivity contribution >= 4 is 28.7 Å². The number of aryl methyl sites for hydroxylation is 2. The topological polar surface area (TPSA) is 138 Å². The second-order valence-electron chi connectivity index (χ2n) is 8.24. The summed E-state index contributed by atoms with van der Waals surface area (Å²) in [5.41, 5.74) is -0.608. The van der Waals surface area contributed by atoms with E-state index in [0.29, 0.717) is 35.9 Å². The van der Waals surface area contributed by atoms with Crippen molar-refractivity contribution in [1.29, 1.82) is 10.5 Å². The Hall–Kier alpha value is -3.18. The van der Waals surface area contributed by atoms with Crippen LogP contribution in [-0.2, 0) is 24.8 Å². The first-order chi connectivity index (χ1) is 16.9. The average molecular weight is 500 g/mol. The maximum absolute atomic E-state index is 13.1. The van der Waals surface area contributed by atoms with Crippen LogP contribution in [0.25, 0.3) is 11.0 Å². The minimum atomic E-state index is -0.490. The zero-order chi connectivity index (χ0) is 25.8. The number of amides is 1. The van der Waals surface area contributed by atoms with Crippen LogP contribution in [0, 0.1) is 22.7 Å². The Kier molecular flexibility index (Phi) is 11.4. The number of carbonyl (C=O) groups excluding carboxylic acids is 1. The SMILES string of the molecule is CCCCCCc1nc(SCC(=O)N(CCC#N)CCC#N)c2c(=O)n(C)c(=O)n(CCC)c2n1. The second-order valence-corrected chi connectivity index (χ2v) is 9.20. The molecule has 0 radical (unpaired) electrons. The lowest BCUT2D eigenvalue weighted by atomic mass is 10.1. The van der Waals surface area contributed by atoms with Gasteiger partial charge < -0.3 is 4.90 Å². The van der Waals surface area contributed by atoms with E-state index in [1.807, 2.05) is 19.1 Å². The van der Waals surface area contributed by atoms with E-state index >= 15 is 0 Å². The van der Waals surface area contributed by atoms with Gasteiger partial charge in [-0.15, -0.1) is 0 Å². The highest BCUT2D eigenvalue weighted by atomic mass is 32.2. The van der Waals surface area contributed by atoms with Gasteiger partial charge in [0.05, 0.1) is 30.7 Å². The molecule has 2 aromatic rings. The zero-order valence-electron chi connectivity index (χ0n) is 20.7. The summed E-state index contributed by atoms with van der Waals surface area (Å²) in [7, 11) is 1.43. The van der Waals surface area contributed by atoms with Gasteiger partial charge in [-0.1, -0.05) is 44.9 Å². The van der Waals surface area contributed by atoms with E-state index in [1.54, 1.807) is 0 Å². The first kappa shape index (κ1) is 28.1. The molecule has 0 saturated heterocycles. The molecule has 2 aromatic heterocycles. The highest BCUT2D eigenvalue weighted by Gasteiger charge is 2.21. The van der Waals surface area contributed by atoms with Gasteiger partial charge in [-0.2, -0.15) is 10.5 Å². The molecule has 0 unspecified atom stereocenters. The number of nitriles is 2. The minimum Gasteiger partial charge on any atom is -0.340 e. The molecule has 0 N–H and O–H groups in total. The van der Waals surface area contributed by atoms with Crippen LogP contribution in [0.15, 0.2) is 14.6 Å². The Morgan fingerprint density at radius 1 is 1.03 bits per heavy atom. The van der Waals surface area contributed by atoms with Crippen molar-refractivity contribution in [2.75, 3.05) is 18.8 Å². The van der Waals surface area contributed by atoms with Crippen molar-refractivity contribution in [3.63, 3.8) is 0 Å². The van der Waals surface area contributed by atoms with Gasteiger partial charge in [-0.05, 0) is 12.8 Å². The van der Waals surface area contributed by atoms with Crippen LogP contribution in [0.5, 0.6) is 0 Å². The van der Waals surface area contributed by atoms with Crippen LogP contribution < -0.4 is 11.2 Å². The lowest BCUT2D eigenvalue weighted by molar-refractivity contribution is -0.128. The normalized spacial score (nSPS) is 10.8. The average Bonchev–Trinajstić information content (AvgIpc) is 2.86. The van der Waals surface area contributed by atoms with Crippen molar-refractivity contribution in [3.8, 4) is 12.1 Å². The fourth-order valence-corrected chi connectivity index (χ4v) is 4.62. The number of unbranched alkanes of at least 4 members (excludes halogenated alkanes) is 3. The Balaban J connectivity index is 2.49. The number of aromatic nitrogens is 4. The Labute approximate surface area is 209 Å². The number of nitrogens with zero attached hydrogens (tertiary/aromatic N) is 7. The fourth-order valence-electron chi connectivity index (χ4n) is 3.68. The van der Waals surface area contributed by atoms with Crippen LogP contribution in [0.1, 0.15) is 64.6 Å². The summed E-state index contributed by atoms with van der Waals surface area (Å²) in [5.74, 6) is 0.302. The maximum atomic E-state index is 13.1. The number of thioether (sulfide) groups is 1. The lowest BCUT2D eigenvalue weighted by Gasteiger charge is -2.20. The molecule has 0 fully saturated rings. The van der Waals surface area contributed by atoms with Gasteiger partial charge in [0.25, 0.3) is 5.56 Å². The standard InChI is InChI=1S/C24H33N7O3S/c1-4-6-7-8-11-18-27-21-20(23(33)29(3)24(34)31(21)14-5-2)22(28-18)35-17-19(32)30(15-9-12-25)16-10-13-26/h4-11,14-17H2,1-3H3. The molecule has 0 aliphatic rings. The number of hydrogen-bond acceptors (Lipinski definition) is 8. The van der Waals surface area contributed by atoms with Crippen molar-refractivity contribution in [2.45, 2.75) is 76.8 Å². The number of fused-ring (bicyclic) bond motifs is 1. The molecule has 0 bridgehead atoms. The number of rotatable bonds is 14. The summed E-state index contributed by atoms with van der Waals surface area (Å²) in [4.78, 5) is 49.5. The zero-order valence-corrected chi connectivity index (χ0v) is 21.6. The van der Waals surface area contributed by atoms with E-state index in [0.717, 1.165) is 42.0 Å². The third kappa shape index (κ3) is 7.40. The Morgan fingerprint density at radius 3 is 2.31 bits per heavy atom. The first-order valence-electron chi connectivity index (χ1n) is 12.0. The van der Waals surface area contributed by atoms with Crippen molar-refractivity contribution in [3.05, 3.63) is 26.7 Å². The molecule has 188 valence electrons. The molecule has 0 atom stereocenters. The van der Waals surface area contributed by atoms with E-state index in [1.165, 1.54) is 16.5 Å². The lowest BCUT2D eigenvalue weighted by Crippen LogP contribution is -2.39. The van der Waals surface area contributed by atoms with Gasteiger partial charge in [0, 0.05) is 33.1 Å². The molecule has 35 heavy (non-hydrogen) atoms. The summed E-state index contributed by atoms with van der Waals surface area (Å²) < 4.78 is 2.56. The predicted molar refractivity (Wildman–Crippen MR) is 135 cm³/mol. The van der Waals surface area contributed by atoms with Crippen molar-refractivity contribution < 1.29 is 4.79 Å². The maximum Gasteiger partial charge on any atom is 0.332 e. The number of carbonyl (C=O) groups is 1. The quantitative estimate of drug-likeness (QED) is 0.220. The summed E-state index contributed by atoms with van der Waals surface area (Å²) >= 11 is 1.13. The van der Waals surface area contributed by atoms with Crippen LogP contribution in [0.2, 0.25) is 0 Å². The highest BCUT2D eigenvalue weighted by Crippen LogP contribution is 2.24. The molecule has 0 aliphatic heterocycles. The van der Waals surface area contributed by atoms with Gasteiger partial charge in [-0.3, -0.25) is 18.7 Å². The molecule has 0 saturated carbocycles. The van der Waals surface area contributed by atoms with Crippen LogP contribution in [0.3, 0.4) is 0 Å². The minimum absolute atomic E-state index is 0.00565. The number of hydrogen-bond donors (Lipinski definition) is 0. The molecule has 0 aromatic carbocycles. The van der Waals surface area contributed by atoms with E-state index in [9.17, 15) is 14.4 Å². The van der Waals surface area contributed by atoms with Crippen molar-refractivity contribution in [2.24, 2.45) is 7.05 Å². The smallest absolute Gasteiger partial charge is 0.332 e. The first-order valence-corrected chi connectivity index (χ1v) is 13.0. The fraction of sp³-hybridized carbons (Fsp3) is 0.625. The predicted octanol–water partition coefficient (Wildman–Crippen LogP) is 2.77. The molecule has 10 nitrogen and oxygen atoms in total. The summed E-state index contributed by atoms with van der Waals surface area (Å²) in [6, 6.07) is 4.04. The van der Waals surface area contributed by atoms with E-state index < -0.39 is 11.2 Å². The molecule has 11 heteroatoms. The van der Waals surface area contributed by atoms with Gasteiger partial charge in [0.15, 0.2) is 5.65 Å². The van der Waals surface area contributed by atoms with Crippen LogP contribution in [0.4, 0.5) is 0 Å². The second kappa shape index (κ2) is 14.3. The molecular formula is C24H33N7O3S.